The van der Waals surface area contributed by atoms with Crippen molar-refractivity contribution < 1.29 is 32.5 Å². The lowest BCUT2D eigenvalue weighted by Crippen LogP contribution is -2.69. The van der Waals surface area contributed by atoms with Gasteiger partial charge in [0, 0.05) is 16.8 Å². The van der Waals surface area contributed by atoms with E-state index >= 15 is 0 Å². The quantitative estimate of drug-likeness (QED) is 0.345. The molecule has 2 aliphatic heterocycles. The Kier molecular flexibility index (Phi) is 9.26. The maximum absolute atomic E-state index is 13.3. The highest BCUT2D eigenvalue weighted by Gasteiger charge is 2.51. The lowest BCUT2D eigenvalue weighted by molar-refractivity contribution is -0.256. The van der Waals surface area contributed by atoms with Crippen LogP contribution in [0.2, 0.25) is 5.02 Å². The average Bonchev–Trinajstić information content (AvgIpc) is 2.81. The zero-order chi connectivity index (χ0) is 27.3. The maximum atomic E-state index is 13.3. The van der Waals surface area contributed by atoms with Crippen LogP contribution in [0.1, 0.15) is 18.1 Å². The highest BCUT2D eigenvalue weighted by molar-refractivity contribution is 6.30. The number of alkyl halides is 3. The highest BCUT2D eigenvalue weighted by atomic mass is 35.5. The number of para-hydroxylation sites is 1. The van der Waals surface area contributed by atoms with Crippen LogP contribution >= 0.6 is 11.6 Å². The van der Waals surface area contributed by atoms with Crippen LogP contribution in [-0.2, 0) is 15.7 Å². The number of fused-ring (bicyclic) bond motifs is 1. The van der Waals surface area contributed by atoms with Crippen LogP contribution in [0.15, 0.2) is 52.4 Å². The Morgan fingerprint density at radius 2 is 1.97 bits per heavy atom. The second-order valence-electron chi connectivity index (χ2n) is 8.23. The molecule has 0 aromatic heterocycles. The molecule has 9 nitrogen and oxygen atoms in total. The molecule has 0 bridgehead atoms. The van der Waals surface area contributed by atoms with E-state index in [0.29, 0.717) is 0 Å². The number of nitrogens with two attached hydrogens (primary N) is 2. The number of hydrogen-bond acceptors (Lipinski definition) is 7. The van der Waals surface area contributed by atoms with E-state index in [4.69, 9.17) is 42.7 Å². The lowest BCUT2D eigenvalue weighted by atomic mass is 9.90. The first kappa shape index (κ1) is 28.5. The smallest absolute Gasteiger partial charge is 0.418 e. The zero-order valence-corrected chi connectivity index (χ0v) is 20.7. The van der Waals surface area contributed by atoms with E-state index in [2.05, 4.69) is 9.98 Å². The molecule has 2 fully saturated rings. The van der Waals surface area contributed by atoms with Crippen molar-refractivity contribution >= 4 is 35.2 Å². The first-order valence-electron chi connectivity index (χ1n) is 11.1. The van der Waals surface area contributed by atoms with Gasteiger partial charge >= 0.3 is 6.18 Å². The molecule has 6 N–H and O–H groups in total. The standard InChI is InChI=1S/C16H18ClF3N4O3.C8H9NO/c1-6(21)23-15(14-12(25)11(22)13-10(27-14)5-26-13)24-9-4-7(17)2-3-8(9)16(18,19)20;1-10-8-5-3-2-4-7(8)6-9/h2-4,10-14,25H,5,22H2,1H3,(H2,21,23,24);2-6,9H,1H3/t10?,11-,12?,13?,14?;/m0./s1. The van der Waals surface area contributed by atoms with Crippen LogP contribution in [0.4, 0.5) is 18.9 Å². The Bertz CT molecular complexity index is 1170. The third-order valence-corrected chi connectivity index (χ3v) is 5.80. The Morgan fingerprint density at radius 3 is 2.51 bits per heavy atom. The molecule has 2 aliphatic rings. The first-order valence-corrected chi connectivity index (χ1v) is 11.4. The van der Waals surface area contributed by atoms with Crippen LogP contribution in [0.3, 0.4) is 0 Å². The molecule has 200 valence electrons. The topological polar surface area (TPSA) is 149 Å². The fourth-order valence-corrected chi connectivity index (χ4v) is 3.89. The van der Waals surface area contributed by atoms with E-state index in [1.54, 1.807) is 7.11 Å². The van der Waals surface area contributed by atoms with Gasteiger partial charge in [-0.05, 0) is 37.3 Å². The summed E-state index contributed by atoms with van der Waals surface area (Å²) in [6, 6.07) is 9.61. The minimum atomic E-state index is -4.66. The second-order valence-corrected chi connectivity index (χ2v) is 8.67. The number of nitrogens with zero attached hydrogens (tertiary/aromatic N) is 2. The summed E-state index contributed by atoms with van der Waals surface area (Å²) >= 11 is 5.83. The van der Waals surface area contributed by atoms with E-state index in [9.17, 15) is 18.3 Å². The van der Waals surface area contributed by atoms with Crippen LogP contribution in [0.5, 0.6) is 5.75 Å². The number of ether oxygens (including phenoxy) is 3. The second kappa shape index (κ2) is 12.0. The lowest BCUT2D eigenvalue weighted by Gasteiger charge is -2.48. The Labute approximate surface area is 216 Å². The molecule has 0 radical (unpaired) electrons. The third kappa shape index (κ3) is 6.84. The first-order chi connectivity index (χ1) is 17.5. The van der Waals surface area contributed by atoms with Gasteiger partial charge in [0.15, 0.2) is 5.84 Å². The Hall–Kier alpha value is -3.03. The van der Waals surface area contributed by atoms with E-state index in [1.807, 2.05) is 24.3 Å². The number of aliphatic imine (C=N–C) groups is 2. The molecule has 4 rings (SSSR count). The number of nitrogens with one attached hydrogen (secondary N) is 1. The zero-order valence-electron chi connectivity index (χ0n) is 19.9. The van der Waals surface area contributed by atoms with E-state index in [1.165, 1.54) is 13.1 Å². The number of aliphatic hydroxyl groups excluding tert-OH is 1. The van der Waals surface area contributed by atoms with Gasteiger partial charge in [-0.1, -0.05) is 23.7 Å². The molecule has 0 saturated carbocycles. The molecule has 0 amide bonds. The van der Waals surface area contributed by atoms with Gasteiger partial charge in [0.25, 0.3) is 0 Å². The molecule has 4 unspecified atom stereocenters. The molecular formula is C24H27ClF3N5O4. The summed E-state index contributed by atoms with van der Waals surface area (Å²) in [5.74, 6) is 0.550. The predicted octanol–water partition coefficient (Wildman–Crippen LogP) is 3.31. The summed E-state index contributed by atoms with van der Waals surface area (Å²) in [5.41, 5.74) is 10.9. The van der Waals surface area contributed by atoms with Crippen molar-refractivity contribution in [2.45, 2.75) is 43.6 Å². The molecule has 5 atom stereocenters. The average molecular weight is 542 g/mol. The molecule has 37 heavy (non-hydrogen) atoms. The third-order valence-electron chi connectivity index (χ3n) is 5.56. The molecule has 2 saturated heterocycles. The van der Waals surface area contributed by atoms with Crippen LogP contribution < -0.4 is 16.2 Å². The van der Waals surface area contributed by atoms with Gasteiger partial charge in [0.2, 0.25) is 0 Å². The molecule has 13 heteroatoms. The van der Waals surface area contributed by atoms with Crippen molar-refractivity contribution in [1.82, 2.24) is 0 Å². The number of methoxy groups -OCH3 is 1. The number of benzene rings is 2. The van der Waals surface area contributed by atoms with E-state index < -0.39 is 47.9 Å². The molecule has 2 aromatic carbocycles. The molecular weight excluding hydrogens is 515 g/mol. The fourth-order valence-electron chi connectivity index (χ4n) is 3.72. The summed E-state index contributed by atoms with van der Waals surface area (Å²) in [5, 5.41) is 17.5. The molecule has 2 aromatic rings. The van der Waals surface area contributed by atoms with Crippen molar-refractivity contribution in [2.24, 2.45) is 21.5 Å². The van der Waals surface area contributed by atoms with Gasteiger partial charge in [-0.25, -0.2) is 9.98 Å². The SMILES string of the molecule is CC(N)=NC(=Nc1cc(Cl)ccc1C(F)(F)F)C1OC2COC2[C@@H](N)C1O.COc1ccccc1C=N. The normalized spacial score (nSPS) is 25.8. The number of amidine groups is 2. The Morgan fingerprint density at radius 1 is 1.27 bits per heavy atom. The number of halogens is 4. The summed E-state index contributed by atoms with van der Waals surface area (Å²) in [4.78, 5) is 7.95. The van der Waals surface area contributed by atoms with Crippen LogP contribution in [-0.4, -0.2) is 67.2 Å². The molecule has 0 spiro atoms. The fraction of sp³-hybridized carbons (Fsp3) is 0.375. The number of rotatable bonds is 4. The van der Waals surface area contributed by atoms with Gasteiger partial charge in [-0.2, -0.15) is 13.2 Å². The predicted molar refractivity (Wildman–Crippen MR) is 134 cm³/mol. The minimum Gasteiger partial charge on any atom is -0.496 e. The van der Waals surface area contributed by atoms with Crippen molar-refractivity contribution in [3.63, 3.8) is 0 Å². The molecule has 0 aliphatic carbocycles. The largest absolute Gasteiger partial charge is 0.496 e. The summed E-state index contributed by atoms with van der Waals surface area (Å²) in [6.45, 7) is 1.69. The molecule has 2 heterocycles. The van der Waals surface area contributed by atoms with Gasteiger partial charge in [0.05, 0.1) is 36.8 Å². The minimum absolute atomic E-state index is 0.0284. The number of aliphatic hydroxyl groups is 1. The van der Waals surface area contributed by atoms with E-state index in [0.717, 1.165) is 29.5 Å². The summed E-state index contributed by atoms with van der Waals surface area (Å²) in [7, 11) is 1.60. The van der Waals surface area contributed by atoms with Gasteiger partial charge in [-0.3, -0.25) is 0 Å². The highest BCUT2D eigenvalue weighted by Crippen LogP contribution is 2.38. The number of hydrogen-bond donors (Lipinski definition) is 4. The van der Waals surface area contributed by atoms with Gasteiger partial charge in [-0.15, -0.1) is 0 Å². The van der Waals surface area contributed by atoms with Crippen LogP contribution in [0, 0.1) is 5.41 Å². The van der Waals surface area contributed by atoms with Crippen molar-refractivity contribution in [3.05, 3.63) is 58.6 Å². The summed E-state index contributed by atoms with van der Waals surface area (Å²) in [6.07, 6.45) is -6.74. The maximum Gasteiger partial charge on any atom is 0.418 e. The van der Waals surface area contributed by atoms with Gasteiger partial charge in [0.1, 0.15) is 30.2 Å². The van der Waals surface area contributed by atoms with Gasteiger partial charge < -0.3 is 36.2 Å². The van der Waals surface area contributed by atoms with E-state index in [-0.39, 0.29) is 23.3 Å². The van der Waals surface area contributed by atoms with Crippen molar-refractivity contribution in [3.8, 4) is 5.75 Å². The monoisotopic (exact) mass is 541 g/mol. The van der Waals surface area contributed by atoms with Crippen molar-refractivity contribution in [1.29, 1.82) is 5.41 Å². The van der Waals surface area contributed by atoms with Crippen molar-refractivity contribution in [2.75, 3.05) is 13.7 Å². The Balaban J connectivity index is 0.000000319. The van der Waals surface area contributed by atoms with Crippen LogP contribution in [0.25, 0.3) is 0 Å². The summed E-state index contributed by atoms with van der Waals surface area (Å²) < 4.78 is 55.8.